The molecule has 0 aliphatic rings. The molecule has 0 aromatic heterocycles. The lowest BCUT2D eigenvalue weighted by atomic mass is 10.2. The van der Waals surface area contributed by atoms with Gasteiger partial charge in [0.25, 0.3) is 5.91 Å². The van der Waals surface area contributed by atoms with Crippen molar-refractivity contribution in [3.8, 4) is 5.75 Å². The molecule has 1 N–H and O–H groups in total. The van der Waals surface area contributed by atoms with Gasteiger partial charge in [0.2, 0.25) is 0 Å². The van der Waals surface area contributed by atoms with Gasteiger partial charge in [-0.05, 0) is 48.0 Å². The smallest absolute Gasteiger partial charge is 0.255 e. The topological polar surface area (TPSA) is 38.3 Å². The zero-order chi connectivity index (χ0) is 17.5. The van der Waals surface area contributed by atoms with Gasteiger partial charge in [0.1, 0.15) is 11.6 Å². The molecule has 3 aromatic carbocycles. The highest BCUT2D eigenvalue weighted by Gasteiger charge is 2.07. The van der Waals surface area contributed by atoms with Crippen LogP contribution in [0.1, 0.15) is 15.9 Å². The van der Waals surface area contributed by atoms with E-state index in [9.17, 15) is 9.18 Å². The van der Waals surface area contributed by atoms with Gasteiger partial charge in [-0.1, -0.05) is 36.4 Å². The van der Waals surface area contributed by atoms with E-state index in [2.05, 4.69) is 17.4 Å². The first-order valence-electron chi connectivity index (χ1n) is 8.04. The van der Waals surface area contributed by atoms with E-state index in [0.29, 0.717) is 23.6 Å². The normalized spacial score (nSPS) is 10.3. The highest BCUT2D eigenvalue weighted by molar-refractivity contribution is 6.04. The van der Waals surface area contributed by atoms with E-state index in [1.807, 2.05) is 18.2 Å². The molecule has 0 unspecified atom stereocenters. The molecule has 0 heterocycles. The second-order valence-corrected chi connectivity index (χ2v) is 5.57. The average Bonchev–Trinajstić information content (AvgIpc) is 2.63. The molecule has 0 spiro atoms. The molecule has 0 aliphatic carbocycles. The summed E-state index contributed by atoms with van der Waals surface area (Å²) in [6, 6.07) is 22.8. The Morgan fingerprint density at radius 2 is 1.68 bits per heavy atom. The van der Waals surface area contributed by atoms with Crippen molar-refractivity contribution in [2.75, 3.05) is 11.9 Å². The minimum absolute atomic E-state index is 0.290. The molecular weight excluding hydrogens is 317 g/mol. The van der Waals surface area contributed by atoms with Crippen molar-refractivity contribution in [2.45, 2.75) is 6.42 Å². The summed E-state index contributed by atoms with van der Waals surface area (Å²) in [5.41, 5.74) is 2.13. The predicted octanol–water partition coefficient (Wildman–Crippen LogP) is 4.70. The molecule has 3 aromatic rings. The van der Waals surface area contributed by atoms with Gasteiger partial charge < -0.3 is 10.1 Å². The zero-order valence-corrected chi connectivity index (χ0v) is 13.6. The Balaban J connectivity index is 1.53. The van der Waals surface area contributed by atoms with Crippen LogP contribution < -0.4 is 10.1 Å². The van der Waals surface area contributed by atoms with Crippen LogP contribution >= 0.6 is 0 Å². The number of nitrogens with one attached hydrogen (secondary N) is 1. The van der Waals surface area contributed by atoms with Crippen LogP contribution in [0.2, 0.25) is 0 Å². The highest BCUT2D eigenvalue weighted by atomic mass is 19.1. The van der Waals surface area contributed by atoms with E-state index in [-0.39, 0.29) is 11.7 Å². The molecule has 0 atom stereocenters. The number of ether oxygens (including phenoxy) is 1. The number of hydrogen-bond acceptors (Lipinski definition) is 2. The number of carbonyl (C=O) groups excluding carboxylic acids is 1. The molecule has 0 radical (unpaired) electrons. The van der Waals surface area contributed by atoms with E-state index >= 15 is 0 Å². The molecule has 0 bridgehead atoms. The van der Waals surface area contributed by atoms with Gasteiger partial charge in [-0.3, -0.25) is 4.79 Å². The lowest BCUT2D eigenvalue weighted by Gasteiger charge is -2.08. The second kappa shape index (κ2) is 8.11. The van der Waals surface area contributed by atoms with Crippen LogP contribution in [0, 0.1) is 5.82 Å². The molecule has 0 saturated heterocycles. The number of hydrogen-bond donors (Lipinski definition) is 1. The molecule has 3 nitrogen and oxygen atoms in total. The van der Waals surface area contributed by atoms with Crippen molar-refractivity contribution in [3.05, 3.63) is 95.8 Å². The van der Waals surface area contributed by atoms with Crippen molar-refractivity contribution in [1.82, 2.24) is 0 Å². The minimum atomic E-state index is -0.389. The van der Waals surface area contributed by atoms with E-state index in [4.69, 9.17) is 4.74 Å². The van der Waals surface area contributed by atoms with E-state index < -0.39 is 0 Å². The first-order valence-corrected chi connectivity index (χ1v) is 8.04. The van der Waals surface area contributed by atoms with Crippen molar-refractivity contribution in [2.24, 2.45) is 0 Å². The third-order valence-corrected chi connectivity index (χ3v) is 3.70. The van der Waals surface area contributed by atoms with E-state index in [0.717, 1.165) is 6.42 Å². The Bertz CT molecular complexity index is 832. The maximum atomic E-state index is 13.1. The van der Waals surface area contributed by atoms with Crippen LogP contribution in [0.15, 0.2) is 78.9 Å². The summed E-state index contributed by atoms with van der Waals surface area (Å²) in [6.45, 7) is 0.568. The molecular formula is C21H18FNO2. The first-order chi connectivity index (χ1) is 12.2. The largest absolute Gasteiger partial charge is 0.493 e. The fourth-order valence-electron chi connectivity index (χ4n) is 2.40. The van der Waals surface area contributed by atoms with Crippen LogP contribution in [-0.2, 0) is 6.42 Å². The predicted molar refractivity (Wildman–Crippen MR) is 96.4 cm³/mol. The standard InChI is InChI=1S/C21H18FNO2/c22-18-7-4-8-19(15-18)23-21(24)17-9-11-20(12-10-17)25-14-13-16-5-2-1-3-6-16/h1-12,15H,13-14H2,(H,23,24). The molecule has 0 aliphatic heterocycles. The minimum Gasteiger partial charge on any atom is -0.493 e. The van der Waals surface area contributed by atoms with E-state index in [1.165, 1.54) is 17.7 Å². The molecule has 0 saturated carbocycles. The molecule has 0 fully saturated rings. The first kappa shape index (κ1) is 16.7. The van der Waals surface area contributed by atoms with Crippen LogP contribution in [-0.4, -0.2) is 12.5 Å². The number of anilines is 1. The van der Waals surface area contributed by atoms with Crippen LogP contribution in [0.3, 0.4) is 0 Å². The summed E-state index contributed by atoms with van der Waals surface area (Å²) in [6.07, 6.45) is 0.822. The third-order valence-electron chi connectivity index (χ3n) is 3.70. The van der Waals surface area contributed by atoms with Crippen molar-refractivity contribution in [3.63, 3.8) is 0 Å². The van der Waals surface area contributed by atoms with Crippen LogP contribution in [0.4, 0.5) is 10.1 Å². The second-order valence-electron chi connectivity index (χ2n) is 5.57. The van der Waals surface area contributed by atoms with Gasteiger partial charge in [0, 0.05) is 17.7 Å². The SMILES string of the molecule is O=C(Nc1cccc(F)c1)c1ccc(OCCc2ccccc2)cc1. The van der Waals surface area contributed by atoms with Gasteiger partial charge in [-0.25, -0.2) is 4.39 Å². The van der Waals surface area contributed by atoms with Gasteiger partial charge in [0.15, 0.2) is 0 Å². The Morgan fingerprint density at radius 1 is 0.920 bits per heavy atom. The maximum Gasteiger partial charge on any atom is 0.255 e. The Labute approximate surface area is 146 Å². The number of amides is 1. The average molecular weight is 335 g/mol. The van der Waals surface area contributed by atoms with Gasteiger partial charge in [-0.2, -0.15) is 0 Å². The summed E-state index contributed by atoms with van der Waals surface area (Å²) in [5.74, 6) is 0.0274. The highest BCUT2D eigenvalue weighted by Crippen LogP contribution is 2.15. The fraction of sp³-hybridized carbons (Fsp3) is 0.0952. The van der Waals surface area contributed by atoms with Gasteiger partial charge >= 0.3 is 0 Å². The molecule has 126 valence electrons. The third kappa shape index (κ3) is 4.91. The number of carbonyl (C=O) groups is 1. The summed E-state index contributed by atoms with van der Waals surface area (Å²) in [7, 11) is 0. The van der Waals surface area contributed by atoms with Crippen LogP contribution in [0.5, 0.6) is 5.75 Å². The summed E-state index contributed by atoms with van der Waals surface area (Å²) >= 11 is 0. The lowest BCUT2D eigenvalue weighted by Crippen LogP contribution is -2.12. The monoisotopic (exact) mass is 335 g/mol. The maximum absolute atomic E-state index is 13.1. The van der Waals surface area contributed by atoms with Crippen molar-refractivity contribution in [1.29, 1.82) is 0 Å². The van der Waals surface area contributed by atoms with Crippen molar-refractivity contribution >= 4 is 11.6 Å². The number of benzene rings is 3. The fourth-order valence-corrected chi connectivity index (χ4v) is 2.40. The molecule has 25 heavy (non-hydrogen) atoms. The quantitative estimate of drug-likeness (QED) is 0.709. The summed E-state index contributed by atoms with van der Waals surface area (Å²) in [4.78, 5) is 12.2. The van der Waals surface area contributed by atoms with E-state index in [1.54, 1.807) is 36.4 Å². The summed E-state index contributed by atoms with van der Waals surface area (Å²) < 4.78 is 18.8. The van der Waals surface area contributed by atoms with Gasteiger partial charge in [-0.15, -0.1) is 0 Å². The van der Waals surface area contributed by atoms with Crippen molar-refractivity contribution < 1.29 is 13.9 Å². The number of rotatable bonds is 6. The van der Waals surface area contributed by atoms with Crippen LogP contribution in [0.25, 0.3) is 0 Å². The summed E-state index contributed by atoms with van der Waals surface area (Å²) in [5, 5.41) is 2.66. The molecule has 4 heteroatoms. The van der Waals surface area contributed by atoms with Gasteiger partial charge in [0.05, 0.1) is 6.61 Å². The molecule has 3 rings (SSSR count). The Hall–Kier alpha value is -3.14. The zero-order valence-electron chi connectivity index (χ0n) is 13.6. The Morgan fingerprint density at radius 3 is 2.40 bits per heavy atom. The Kier molecular flexibility index (Phi) is 5.42. The molecule has 1 amide bonds. The lowest BCUT2D eigenvalue weighted by molar-refractivity contribution is 0.102. The number of halogens is 1.